The first kappa shape index (κ1) is 15.5. The molecular formula is C15H25N2O2+. The first-order valence-electron chi connectivity index (χ1n) is 7.05. The number of nitrogens with one attached hydrogen (secondary N) is 1. The summed E-state index contributed by atoms with van der Waals surface area (Å²) >= 11 is 0. The number of unbranched alkanes of at least 4 members (excludes halogenated alkanes) is 5. The van der Waals surface area contributed by atoms with E-state index in [1.807, 2.05) is 12.3 Å². The van der Waals surface area contributed by atoms with Crippen LogP contribution in [-0.2, 0) is 16.1 Å². The number of carbonyl (C=O) groups is 1. The summed E-state index contributed by atoms with van der Waals surface area (Å²) in [5.41, 5.74) is 0.474. The molecule has 0 aliphatic rings. The van der Waals surface area contributed by atoms with Crippen LogP contribution >= 0.6 is 0 Å². The summed E-state index contributed by atoms with van der Waals surface area (Å²) in [6.07, 6.45) is 11.0. The van der Waals surface area contributed by atoms with E-state index in [-0.39, 0.29) is 5.97 Å². The molecule has 0 bridgehead atoms. The van der Waals surface area contributed by atoms with E-state index in [2.05, 4.69) is 22.6 Å². The molecule has 1 rings (SSSR count). The average Bonchev–Trinajstić information content (AvgIpc) is 2.89. The number of hydrogen-bond acceptors (Lipinski definition) is 2. The summed E-state index contributed by atoms with van der Waals surface area (Å²) in [5, 5.41) is 3.14. The van der Waals surface area contributed by atoms with E-state index in [1.165, 1.54) is 25.7 Å². The highest BCUT2D eigenvalue weighted by Gasteiger charge is 2.02. The number of aryl methyl sites for hydroxylation is 1. The number of aromatic amines is 1. The van der Waals surface area contributed by atoms with Gasteiger partial charge in [-0.25, -0.2) is 4.79 Å². The maximum atomic E-state index is 11.1. The first-order chi connectivity index (χ1) is 9.20. The van der Waals surface area contributed by atoms with Gasteiger partial charge in [-0.15, -0.1) is 4.68 Å². The Balaban J connectivity index is 1.84. The molecule has 106 valence electrons. The van der Waals surface area contributed by atoms with Crippen LogP contribution in [0.2, 0.25) is 0 Å². The fourth-order valence-corrected chi connectivity index (χ4v) is 1.85. The number of aromatic nitrogens is 2. The van der Waals surface area contributed by atoms with Crippen molar-refractivity contribution >= 4 is 5.97 Å². The SMILES string of the molecule is C=C(C)C(=O)OCCCCCCCC[n+]1ccc[nH]1. The first-order valence-corrected chi connectivity index (χ1v) is 7.05. The zero-order chi connectivity index (χ0) is 13.9. The van der Waals surface area contributed by atoms with Crippen LogP contribution in [0.3, 0.4) is 0 Å². The Hall–Kier alpha value is -1.58. The van der Waals surface area contributed by atoms with Gasteiger partial charge in [-0.2, -0.15) is 5.10 Å². The predicted molar refractivity (Wildman–Crippen MR) is 74.5 cm³/mol. The highest BCUT2D eigenvalue weighted by Crippen LogP contribution is 2.06. The molecule has 0 amide bonds. The minimum absolute atomic E-state index is 0.275. The van der Waals surface area contributed by atoms with Crippen LogP contribution in [0.1, 0.15) is 45.4 Å². The van der Waals surface area contributed by atoms with Gasteiger partial charge in [-0.1, -0.05) is 25.8 Å². The van der Waals surface area contributed by atoms with Crippen molar-refractivity contribution in [1.29, 1.82) is 0 Å². The van der Waals surface area contributed by atoms with Crippen molar-refractivity contribution in [2.75, 3.05) is 6.61 Å². The second-order valence-electron chi connectivity index (χ2n) is 4.87. The number of hydrogen-bond donors (Lipinski definition) is 1. The Morgan fingerprint density at radius 3 is 2.53 bits per heavy atom. The van der Waals surface area contributed by atoms with E-state index in [9.17, 15) is 4.79 Å². The maximum Gasteiger partial charge on any atom is 0.333 e. The molecule has 19 heavy (non-hydrogen) atoms. The van der Waals surface area contributed by atoms with Gasteiger partial charge in [0.15, 0.2) is 12.7 Å². The Morgan fingerprint density at radius 1 is 1.21 bits per heavy atom. The molecule has 0 aliphatic heterocycles. The van der Waals surface area contributed by atoms with Crippen LogP contribution in [0, 0.1) is 0 Å². The Morgan fingerprint density at radius 2 is 1.89 bits per heavy atom. The van der Waals surface area contributed by atoms with Gasteiger partial charge in [0.25, 0.3) is 0 Å². The molecule has 0 spiro atoms. The van der Waals surface area contributed by atoms with Gasteiger partial charge in [0, 0.05) is 18.1 Å². The fraction of sp³-hybridized carbons (Fsp3) is 0.600. The Kier molecular flexibility index (Phi) is 7.63. The smallest absolute Gasteiger partial charge is 0.333 e. The number of esters is 1. The number of nitrogens with zero attached hydrogens (tertiary/aromatic N) is 1. The fourth-order valence-electron chi connectivity index (χ4n) is 1.85. The van der Waals surface area contributed by atoms with Crippen LogP contribution in [0.15, 0.2) is 30.6 Å². The van der Waals surface area contributed by atoms with E-state index >= 15 is 0 Å². The van der Waals surface area contributed by atoms with Crippen LogP contribution in [-0.4, -0.2) is 17.7 Å². The molecule has 1 heterocycles. The van der Waals surface area contributed by atoms with Gasteiger partial charge in [0.05, 0.1) is 12.8 Å². The van der Waals surface area contributed by atoms with Crippen molar-refractivity contribution in [2.45, 2.75) is 52.0 Å². The highest BCUT2D eigenvalue weighted by atomic mass is 16.5. The molecule has 4 nitrogen and oxygen atoms in total. The summed E-state index contributed by atoms with van der Waals surface area (Å²) in [7, 11) is 0. The molecule has 0 saturated carbocycles. The summed E-state index contributed by atoms with van der Waals surface area (Å²) in [6.45, 7) is 6.79. The lowest BCUT2D eigenvalue weighted by molar-refractivity contribution is -0.750. The third-order valence-corrected chi connectivity index (χ3v) is 2.98. The summed E-state index contributed by atoms with van der Waals surface area (Å²) in [5.74, 6) is -0.275. The second kappa shape index (κ2) is 9.36. The minimum Gasteiger partial charge on any atom is -0.462 e. The zero-order valence-electron chi connectivity index (χ0n) is 11.9. The van der Waals surface area contributed by atoms with Gasteiger partial charge in [-0.3, -0.25) is 0 Å². The van der Waals surface area contributed by atoms with E-state index in [1.54, 1.807) is 6.92 Å². The molecule has 0 unspecified atom stereocenters. The van der Waals surface area contributed by atoms with Crippen molar-refractivity contribution < 1.29 is 14.2 Å². The van der Waals surface area contributed by atoms with Crippen LogP contribution in [0.4, 0.5) is 0 Å². The lowest BCUT2D eigenvalue weighted by atomic mass is 10.1. The van der Waals surface area contributed by atoms with Crippen molar-refractivity contribution in [3.8, 4) is 0 Å². The van der Waals surface area contributed by atoms with E-state index in [0.29, 0.717) is 12.2 Å². The molecule has 1 aromatic rings. The lowest BCUT2D eigenvalue weighted by Crippen LogP contribution is -2.34. The van der Waals surface area contributed by atoms with Crippen molar-refractivity contribution in [2.24, 2.45) is 0 Å². The van der Waals surface area contributed by atoms with Gasteiger partial charge in [0.2, 0.25) is 0 Å². The monoisotopic (exact) mass is 265 g/mol. The van der Waals surface area contributed by atoms with Crippen LogP contribution < -0.4 is 4.68 Å². The molecule has 0 atom stereocenters. The van der Waals surface area contributed by atoms with Crippen LogP contribution in [0.5, 0.6) is 0 Å². The van der Waals surface area contributed by atoms with Crippen molar-refractivity contribution in [1.82, 2.24) is 5.10 Å². The maximum absolute atomic E-state index is 11.1. The standard InChI is InChI=1S/C15H24N2O2/c1-14(2)15(18)19-13-8-6-4-3-5-7-11-17-12-9-10-16-17/h9-10,12H,1,3-8,11,13H2,2H3/p+1. The van der Waals surface area contributed by atoms with Gasteiger partial charge >= 0.3 is 5.97 Å². The zero-order valence-corrected chi connectivity index (χ0v) is 11.9. The minimum atomic E-state index is -0.275. The summed E-state index contributed by atoms with van der Waals surface area (Å²) in [4.78, 5) is 11.1. The topological polar surface area (TPSA) is 46.0 Å². The van der Waals surface area contributed by atoms with Crippen molar-refractivity contribution in [3.63, 3.8) is 0 Å². The van der Waals surface area contributed by atoms with Gasteiger partial charge in [-0.05, 0) is 19.8 Å². The molecule has 0 aliphatic carbocycles. The summed E-state index contributed by atoms with van der Waals surface area (Å²) < 4.78 is 7.13. The molecule has 1 aromatic heterocycles. The summed E-state index contributed by atoms with van der Waals surface area (Å²) in [6, 6.07) is 2.01. The third-order valence-electron chi connectivity index (χ3n) is 2.98. The molecular weight excluding hydrogens is 240 g/mol. The average molecular weight is 265 g/mol. The van der Waals surface area contributed by atoms with Gasteiger partial charge in [0.1, 0.15) is 0 Å². The second-order valence-corrected chi connectivity index (χ2v) is 4.87. The number of H-pyrrole nitrogens is 1. The Bertz CT molecular complexity index is 372. The number of carbonyl (C=O) groups excluding carboxylic acids is 1. The third kappa shape index (κ3) is 7.44. The molecule has 0 fully saturated rings. The van der Waals surface area contributed by atoms with E-state index in [0.717, 1.165) is 19.4 Å². The molecule has 1 N–H and O–H groups in total. The Labute approximate surface area is 115 Å². The number of rotatable bonds is 10. The van der Waals surface area contributed by atoms with Crippen molar-refractivity contribution in [3.05, 3.63) is 30.6 Å². The largest absolute Gasteiger partial charge is 0.462 e. The quantitative estimate of drug-likeness (QED) is 0.306. The molecule has 4 heteroatoms. The van der Waals surface area contributed by atoms with Crippen LogP contribution in [0.25, 0.3) is 0 Å². The normalized spacial score (nSPS) is 10.4. The molecule has 0 aromatic carbocycles. The van der Waals surface area contributed by atoms with E-state index in [4.69, 9.17) is 4.74 Å². The predicted octanol–water partition coefficient (Wildman–Crippen LogP) is 2.76. The van der Waals surface area contributed by atoms with Gasteiger partial charge < -0.3 is 4.74 Å². The molecule has 0 saturated heterocycles. The highest BCUT2D eigenvalue weighted by molar-refractivity contribution is 5.86. The lowest BCUT2D eigenvalue weighted by Gasteiger charge is -2.03. The molecule has 0 radical (unpaired) electrons. The van der Waals surface area contributed by atoms with E-state index < -0.39 is 0 Å². The number of ether oxygens (including phenoxy) is 1.